The van der Waals surface area contributed by atoms with E-state index in [4.69, 9.17) is 11.6 Å². The van der Waals surface area contributed by atoms with Crippen molar-refractivity contribution in [1.82, 2.24) is 19.6 Å². The van der Waals surface area contributed by atoms with Crippen molar-refractivity contribution in [2.75, 3.05) is 26.2 Å². The second kappa shape index (κ2) is 7.27. The first-order valence-corrected chi connectivity index (χ1v) is 8.73. The fraction of sp³-hybridized carbons (Fsp3) is 0.389. The van der Waals surface area contributed by atoms with Crippen LogP contribution in [0.4, 0.5) is 0 Å². The summed E-state index contributed by atoms with van der Waals surface area (Å²) < 4.78 is 1.61. The monoisotopic (exact) mass is 360 g/mol. The van der Waals surface area contributed by atoms with Crippen LogP contribution in [0, 0.1) is 5.92 Å². The van der Waals surface area contributed by atoms with Gasteiger partial charge in [-0.3, -0.25) is 9.59 Å². The number of carbonyl (C=O) groups is 2. The standard InChI is InChI=1S/C18H21ClN4O2/c1-13(2)17(24)21-7-9-22(10-8-21)18(25)14-11-20-23(12-14)16-6-4-3-5-15(16)19/h3-6,11-13H,7-10H2,1-2H3. The molecule has 0 saturated carbocycles. The van der Waals surface area contributed by atoms with Crippen LogP contribution in [0.2, 0.25) is 5.02 Å². The van der Waals surface area contributed by atoms with E-state index in [2.05, 4.69) is 5.10 Å². The first-order chi connectivity index (χ1) is 12.0. The largest absolute Gasteiger partial charge is 0.339 e. The molecule has 0 aliphatic carbocycles. The van der Waals surface area contributed by atoms with Crippen molar-refractivity contribution >= 4 is 23.4 Å². The summed E-state index contributed by atoms with van der Waals surface area (Å²) in [5.74, 6) is 0.0460. The van der Waals surface area contributed by atoms with Crippen molar-refractivity contribution in [2.24, 2.45) is 5.92 Å². The Hall–Kier alpha value is -2.34. The third-order valence-corrected chi connectivity index (χ3v) is 4.62. The van der Waals surface area contributed by atoms with Crippen LogP contribution < -0.4 is 0 Å². The molecular weight excluding hydrogens is 340 g/mol. The van der Waals surface area contributed by atoms with Crippen LogP contribution in [0.15, 0.2) is 36.7 Å². The number of piperazine rings is 1. The highest BCUT2D eigenvalue weighted by Gasteiger charge is 2.26. The van der Waals surface area contributed by atoms with Gasteiger partial charge >= 0.3 is 0 Å². The molecule has 0 unspecified atom stereocenters. The molecule has 1 aromatic carbocycles. The van der Waals surface area contributed by atoms with Crippen LogP contribution in [0.25, 0.3) is 5.69 Å². The Morgan fingerprint density at radius 3 is 2.36 bits per heavy atom. The van der Waals surface area contributed by atoms with Gasteiger partial charge in [-0.2, -0.15) is 5.10 Å². The quantitative estimate of drug-likeness (QED) is 0.844. The molecule has 0 radical (unpaired) electrons. The first kappa shape index (κ1) is 17.5. The van der Waals surface area contributed by atoms with E-state index in [1.807, 2.05) is 36.9 Å². The number of para-hydroxylation sites is 1. The molecule has 2 amide bonds. The summed E-state index contributed by atoms with van der Waals surface area (Å²) in [4.78, 5) is 28.3. The second-order valence-electron chi connectivity index (χ2n) is 6.40. The lowest BCUT2D eigenvalue weighted by Gasteiger charge is -2.35. The normalized spacial score (nSPS) is 14.9. The number of hydrogen-bond donors (Lipinski definition) is 0. The Kier molecular flexibility index (Phi) is 5.08. The minimum atomic E-state index is -0.0741. The van der Waals surface area contributed by atoms with Crippen LogP contribution in [0.3, 0.4) is 0 Å². The Balaban J connectivity index is 1.67. The van der Waals surface area contributed by atoms with Gasteiger partial charge in [-0.25, -0.2) is 4.68 Å². The van der Waals surface area contributed by atoms with E-state index in [-0.39, 0.29) is 17.7 Å². The van der Waals surface area contributed by atoms with E-state index < -0.39 is 0 Å². The summed E-state index contributed by atoms with van der Waals surface area (Å²) in [5.41, 5.74) is 1.25. The topological polar surface area (TPSA) is 58.4 Å². The molecule has 0 bridgehead atoms. The highest BCUT2D eigenvalue weighted by atomic mass is 35.5. The zero-order valence-electron chi connectivity index (χ0n) is 14.4. The van der Waals surface area contributed by atoms with Gasteiger partial charge in [-0.15, -0.1) is 0 Å². The van der Waals surface area contributed by atoms with E-state index in [1.54, 1.807) is 28.0 Å². The number of aromatic nitrogens is 2. The van der Waals surface area contributed by atoms with Crippen molar-refractivity contribution in [2.45, 2.75) is 13.8 Å². The molecular formula is C18H21ClN4O2. The predicted octanol–water partition coefficient (Wildman–Crippen LogP) is 2.47. The van der Waals surface area contributed by atoms with Gasteiger partial charge < -0.3 is 9.80 Å². The van der Waals surface area contributed by atoms with Gasteiger partial charge in [0.05, 0.1) is 22.5 Å². The average molecular weight is 361 g/mol. The molecule has 0 spiro atoms. The zero-order chi connectivity index (χ0) is 18.0. The van der Waals surface area contributed by atoms with Gasteiger partial charge in [0.1, 0.15) is 0 Å². The third kappa shape index (κ3) is 3.69. The van der Waals surface area contributed by atoms with E-state index in [0.717, 1.165) is 5.69 Å². The molecule has 6 nitrogen and oxygen atoms in total. The number of carbonyl (C=O) groups excluding carboxylic acids is 2. The maximum atomic E-state index is 12.7. The molecule has 1 fully saturated rings. The van der Waals surface area contributed by atoms with E-state index in [1.165, 1.54) is 0 Å². The first-order valence-electron chi connectivity index (χ1n) is 8.35. The molecule has 25 heavy (non-hydrogen) atoms. The maximum absolute atomic E-state index is 12.7. The molecule has 1 aliphatic heterocycles. The summed E-state index contributed by atoms with van der Waals surface area (Å²) in [6.07, 6.45) is 3.24. The van der Waals surface area contributed by atoms with Crippen LogP contribution in [0.5, 0.6) is 0 Å². The molecule has 132 valence electrons. The molecule has 2 heterocycles. The zero-order valence-corrected chi connectivity index (χ0v) is 15.1. The number of halogens is 1. The Morgan fingerprint density at radius 1 is 1.08 bits per heavy atom. The van der Waals surface area contributed by atoms with Crippen molar-refractivity contribution in [3.8, 4) is 5.69 Å². The van der Waals surface area contributed by atoms with Crippen LogP contribution >= 0.6 is 11.6 Å². The number of rotatable bonds is 3. The minimum absolute atomic E-state index is 0.0175. The number of amides is 2. The number of hydrogen-bond acceptors (Lipinski definition) is 3. The SMILES string of the molecule is CC(C)C(=O)N1CCN(C(=O)c2cnn(-c3ccccc3Cl)c2)CC1. The molecule has 0 N–H and O–H groups in total. The number of nitrogens with zero attached hydrogens (tertiary/aromatic N) is 4. The fourth-order valence-corrected chi connectivity index (χ4v) is 3.10. The summed E-state index contributed by atoms with van der Waals surface area (Å²) in [6.45, 7) is 6.00. The summed E-state index contributed by atoms with van der Waals surface area (Å²) in [7, 11) is 0. The lowest BCUT2D eigenvalue weighted by molar-refractivity contribution is -0.135. The van der Waals surface area contributed by atoms with Gasteiger partial charge in [0.2, 0.25) is 5.91 Å². The van der Waals surface area contributed by atoms with Gasteiger partial charge in [0.25, 0.3) is 5.91 Å². The molecule has 1 aliphatic rings. The molecule has 7 heteroatoms. The molecule has 1 saturated heterocycles. The summed E-state index contributed by atoms with van der Waals surface area (Å²) in [6, 6.07) is 7.35. The highest BCUT2D eigenvalue weighted by Crippen LogP contribution is 2.20. The van der Waals surface area contributed by atoms with E-state index in [0.29, 0.717) is 36.8 Å². The van der Waals surface area contributed by atoms with Crippen LogP contribution in [-0.4, -0.2) is 57.6 Å². The third-order valence-electron chi connectivity index (χ3n) is 4.30. The molecule has 2 aromatic rings. The predicted molar refractivity (Wildman–Crippen MR) is 95.9 cm³/mol. The van der Waals surface area contributed by atoms with Gasteiger partial charge in [-0.05, 0) is 12.1 Å². The van der Waals surface area contributed by atoms with E-state index in [9.17, 15) is 9.59 Å². The average Bonchev–Trinajstić information content (AvgIpc) is 3.10. The lowest BCUT2D eigenvalue weighted by Crippen LogP contribution is -2.51. The van der Waals surface area contributed by atoms with Crippen molar-refractivity contribution in [1.29, 1.82) is 0 Å². The highest BCUT2D eigenvalue weighted by molar-refractivity contribution is 6.32. The Bertz CT molecular complexity index is 779. The Labute approximate surface area is 152 Å². The smallest absolute Gasteiger partial charge is 0.257 e. The van der Waals surface area contributed by atoms with E-state index >= 15 is 0 Å². The lowest BCUT2D eigenvalue weighted by atomic mass is 10.1. The summed E-state index contributed by atoms with van der Waals surface area (Å²) in [5, 5.41) is 4.82. The van der Waals surface area contributed by atoms with Crippen molar-refractivity contribution < 1.29 is 9.59 Å². The minimum Gasteiger partial charge on any atom is -0.339 e. The summed E-state index contributed by atoms with van der Waals surface area (Å²) >= 11 is 6.17. The molecule has 1 aromatic heterocycles. The molecule has 3 rings (SSSR count). The van der Waals surface area contributed by atoms with Crippen molar-refractivity contribution in [3.63, 3.8) is 0 Å². The van der Waals surface area contributed by atoms with Crippen molar-refractivity contribution in [3.05, 3.63) is 47.2 Å². The van der Waals surface area contributed by atoms with Gasteiger partial charge in [0.15, 0.2) is 0 Å². The maximum Gasteiger partial charge on any atom is 0.257 e. The fourth-order valence-electron chi connectivity index (χ4n) is 2.88. The second-order valence-corrected chi connectivity index (χ2v) is 6.80. The number of benzene rings is 1. The van der Waals surface area contributed by atoms with Gasteiger partial charge in [0, 0.05) is 38.3 Å². The van der Waals surface area contributed by atoms with Gasteiger partial charge in [-0.1, -0.05) is 37.6 Å². The van der Waals surface area contributed by atoms with Crippen LogP contribution in [0.1, 0.15) is 24.2 Å². The molecule has 0 atom stereocenters. The Morgan fingerprint density at radius 2 is 1.72 bits per heavy atom. The van der Waals surface area contributed by atoms with Crippen LogP contribution in [-0.2, 0) is 4.79 Å².